The monoisotopic (exact) mass is 199 g/mol. The normalized spacial score (nSPS) is 18.7. The highest BCUT2D eigenvalue weighted by Gasteiger charge is 2.15. The highest BCUT2D eigenvalue weighted by molar-refractivity contribution is 5.56. The maximum Gasteiger partial charge on any atom is 0.0402 e. The van der Waals surface area contributed by atoms with Crippen molar-refractivity contribution >= 4 is 5.69 Å². The molecule has 0 aromatic heterocycles. The molecule has 0 unspecified atom stereocenters. The van der Waals surface area contributed by atoms with E-state index in [1.165, 1.54) is 35.4 Å². The summed E-state index contributed by atoms with van der Waals surface area (Å²) >= 11 is 0. The van der Waals surface area contributed by atoms with Crippen LogP contribution in [0.2, 0.25) is 0 Å². The molecule has 1 nitrogen and oxygen atoms in total. The van der Waals surface area contributed by atoms with Gasteiger partial charge in [-0.15, -0.1) is 0 Å². The lowest BCUT2D eigenvalue weighted by Crippen LogP contribution is -2.00. The number of anilines is 1. The second-order valence-electron chi connectivity index (χ2n) is 3.96. The van der Waals surface area contributed by atoms with Crippen molar-refractivity contribution < 1.29 is 0 Å². The quantitative estimate of drug-likeness (QED) is 0.755. The molecule has 1 aliphatic carbocycles. The van der Waals surface area contributed by atoms with Crippen molar-refractivity contribution in [2.24, 2.45) is 0 Å². The third-order valence-electron chi connectivity index (χ3n) is 2.91. The van der Waals surface area contributed by atoms with Crippen molar-refractivity contribution in [3.63, 3.8) is 0 Å². The van der Waals surface area contributed by atoms with Gasteiger partial charge in [-0.25, -0.2) is 0 Å². The van der Waals surface area contributed by atoms with Crippen LogP contribution in [0.4, 0.5) is 5.69 Å². The van der Waals surface area contributed by atoms with Crippen LogP contribution in [0.25, 0.3) is 0 Å². The molecule has 0 atom stereocenters. The summed E-state index contributed by atoms with van der Waals surface area (Å²) in [5.41, 5.74) is 5.40. The molecule has 0 aliphatic heterocycles. The Morgan fingerprint density at radius 3 is 2.53 bits per heavy atom. The van der Waals surface area contributed by atoms with E-state index in [9.17, 15) is 0 Å². The van der Waals surface area contributed by atoms with E-state index in [1.54, 1.807) is 0 Å². The standard InChI is InChI=1S/C14H17N/c1-3-12-10-9-11(2)14(12)15-13-7-5-4-6-8-13/h3-8,15H,9-10H2,1-2H3/b12-3+. The maximum atomic E-state index is 3.50. The lowest BCUT2D eigenvalue weighted by molar-refractivity contribution is 1.01. The molecular formula is C14H17N. The van der Waals surface area contributed by atoms with Crippen LogP contribution < -0.4 is 5.32 Å². The Kier molecular flexibility index (Phi) is 2.91. The van der Waals surface area contributed by atoms with Crippen molar-refractivity contribution in [3.8, 4) is 0 Å². The summed E-state index contributed by atoms with van der Waals surface area (Å²) in [6.45, 7) is 4.32. The van der Waals surface area contributed by atoms with Crippen LogP contribution in [0.1, 0.15) is 26.7 Å². The Hall–Kier alpha value is -1.50. The minimum Gasteiger partial charge on any atom is -0.355 e. The molecule has 2 rings (SSSR count). The first kappa shape index (κ1) is 10.0. The molecule has 0 bridgehead atoms. The van der Waals surface area contributed by atoms with Gasteiger partial charge in [0.2, 0.25) is 0 Å². The van der Waals surface area contributed by atoms with Gasteiger partial charge in [0.1, 0.15) is 0 Å². The average molecular weight is 199 g/mol. The Bertz CT molecular complexity index is 399. The Labute approximate surface area is 91.5 Å². The number of hydrogen-bond acceptors (Lipinski definition) is 1. The Morgan fingerprint density at radius 1 is 1.13 bits per heavy atom. The Morgan fingerprint density at radius 2 is 1.87 bits per heavy atom. The third kappa shape index (κ3) is 2.12. The molecule has 0 amide bonds. The first-order valence-corrected chi connectivity index (χ1v) is 5.48. The van der Waals surface area contributed by atoms with Gasteiger partial charge >= 0.3 is 0 Å². The van der Waals surface area contributed by atoms with Crippen LogP contribution in [0, 0.1) is 0 Å². The number of allylic oxidation sites excluding steroid dienone is 3. The van der Waals surface area contributed by atoms with Gasteiger partial charge in [-0.1, -0.05) is 24.3 Å². The second-order valence-corrected chi connectivity index (χ2v) is 3.96. The predicted molar refractivity (Wildman–Crippen MR) is 65.8 cm³/mol. The lowest BCUT2D eigenvalue weighted by atomic mass is 10.2. The van der Waals surface area contributed by atoms with E-state index in [-0.39, 0.29) is 0 Å². The number of nitrogens with one attached hydrogen (secondary N) is 1. The third-order valence-corrected chi connectivity index (χ3v) is 2.91. The van der Waals surface area contributed by atoms with E-state index in [1.807, 2.05) is 6.07 Å². The van der Waals surface area contributed by atoms with Gasteiger partial charge in [-0.3, -0.25) is 0 Å². The predicted octanol–water partition coefficient (Wildman–Crippen LogP) is 4.11. The van der Waals surface area contributed by atoms with Crippen LogP contribution in [0.3, 0.4) is 0 Å². The topological polar surface area (TPSA) is 12.0 Å². The van der Waals surface area contributed by atoms with E-state index in [4.69, 9.17) is 0 Å². The van der Waals surface area contributed by atoms with E-state index < -0.39 is 0 Å². The van der Waals surface area contributed by atoms with Crippen molar-refractivity contribution in [3.05, 3.63) is 53.3 Å². The van der Waals surface area contributed by atoms with Gasteiger partial charge in [-0.2, -0.15) is 0 Å². The van der Waals surface area contributed by atoms with Gasteiger partial charge in [0.25, 0.3) is 0 Å². The van der Waals surface area contributed by atoms with Gasteiger partial charge in [-0.05, 0) is 50.0 Å². The number of rotatable bonds is 2. The van der Waals surface area contributed by atoms with Crippen molar-refractivity contribution in [2.45, 2.75) is 26.7 Å². The lowest BCUT2D eigenvalue weighted by Gasteiger charge is -2.10. The van der Waals surface area contributed by atoms with E-state index >= 15 is 0 Å². The summed E-state index contributed by atoms with van der Waals surface area (Å²) in [5, 5.41) is 3.50. The fourth-order valence-corrected chi connectivity index (χ4v) is 1.99. The molecule has 0 saturated heterocycles. The second kappa shape index (κ2) is 4.35. The number of hydrogen-bond donors (Lipinski definition) is 1. The first-order chi connectivity index (χ1) is 7.31. The fourth-order valence-electron chi connectivity index (χ4n) is 1.99. The molecule has 1 N–H and O–H groups in total. The van der Waals surface area contributed by atoms with Crippen molar-refractivity contribution in [1.29, 1.82) is 0 Å². The summed E-state index contributed by atoms with van der Waals surface area (Å²) < 4.78 is 0. The zero-order valence-corrected chi connectivity index (χ0v) is 9.38. The SMILES string of the molecule is C/C=C1\CCC(C)=C1Nc1ccccc1. The largest absolute Gasteiger partial charge is 0.355 e. The van der Waals surface area contributed by atoms with E-state index in [0.29, 0.717) is 0 Å². The Balaban J connectivity index is 2.22. The maximum absolute atomic E-state index is 3.50. The smallest absolute Gasteiger partial charge is 0.0402 e. The van der Waals surface area contributed by atoms with Crippen LogP contribution in [0.15, 0.2) is 53.3 Å². The van der Waals surface area contributed by atoms with Crippen molar-refractivity contribution in [1.82, 2.24) is 0 Å². The average Bonchev–Trinajstić information content (AvgIpc) is 2.62. The summed E-state index contributed by atoms with van der Waals surface area (Å²) in [4.78, 5) is 0. The fraction of sp³-hybridized carbons (Fsp3) is 0.286. The zero-order chi connectivity index (χ0) is 10.7. The molecule has 0 spiro atoms. The molecule has 0 radical (unpaired) electrons. The molecule has 1 aromatic rings. The molecule has 1 aromatic carbocycles. The van der Waals surface area contributed by atoms with Gasteiger partial charge in [0.15, 0.2) is 0 Å². The van der Waals surface area contributed by atoms with E-state index in [0.717, 1.165) is 0 Å². The van der Waals surface area contributed by atoms with Crippen LogP contribution in [-0.4, -0.2) is 0 Å². The minimum atomic E-state index is 1.17. The molecular weight excluding hydrogens is 182 g/mol. The van der Waals surface area contributed by atoms with Crippen LogP contribution >= 0.6 is 0 Å². The van der Waals surface area contributed by atoms with Gasteiger partial charge < -0.3 is 5.32 Å². The van der Waals surface area contributed by atoms with Crippen LogP contribution in [-0.2, 0) is 0 Å². The summed E-state index contributed by atoms with van der Waals surface area (Å²) in [7, 11) is 0. The highest BCUT2D eigenvalue weighted by atomic mass is 14.9. The molecule has 78 valence electrons. The molecule has 0 fully saturated rings. The molecule has 1 aliphatic rings. The highest BCUT2D eigenvalue weighted by Crippen LogP contribution is 2.31. The number of benzene rings is 1. The van der Waals surface area contributed by atoms with Crippen molar-refractivity contribution in [2.75, 3.05) is 5.32 Å². The van der Waals surface area contributed by atoms with Crippen LogP contribution in [0.5, 0.6) is 0 Å². The molecule has 0 heterocycles. The van der Waals surface area contributed by atoms with Gasteiger partial charge in [0.05, 0.1) is 0 Å². The first-order valence-electron chi connectivity index (χ1n) is 5.48. The summed E-state index contributed by atoms with van der Waals surface area (Å²) in [5.74, 6) is 0. The summed E-state index contributed by atoms with van der Waals surface area (Å²) in [6.07, 6.45) is 4.58. The number of para-hydroxylation sites is 1. The molecule has 0 saturated carbocycles. The zero-order valence-electron chi connectivity index (χ0n) is 9.38. The minimum absolute atomic E-state index is 1.17. The van der Waals surface area contributed by atoms with Gasteiger partial charge in [0, 0.05) is 11.4 Å². The molecule has 1 heteroatoms. The molecule has 15 heavy (non-hydrogen) atoms. The van der Waals surface area contributed by atoms with E-state index in [2.05, 4.69) is 49.5 Å². The summed E-state index contributed by atoms with van der Waals surface area (Å²) in [6, 6.07) is 10.4.